The van der Waals surface area contributed by atoms with Gasteiger partial charge in [0.2, 0.25) is 5.91 Å². The van der Waals surface area contributed by atoms with E-state index < -0.39 is 5.82 Å². The lowest BCUT2D eigenvalue weighted by molar-refractivity contribution is -0.126. The Labute approximate surface area is 160 Å². The number of nitrogens with zero attached hydrogens (tertiary/aromatic N) is 1. The molecule has 0 spiro atoms. The van der Waals surface area contributed by atoms with Crippen molar-refractivity contribution in [3.05, 3.63) is 59.9 Å². The Morgan fingerprint density at radius 1 is 1.11 bits per heavy atom. The Morgan fingerprint density at radius 3 is 2.41 bits per heavy atom. The monoisotopic (exact) mass is 374 g/mol. The number of ether oxygens (including phenoxy) is 2. The Morgan fingerprint density at radius 2 is 1.74 bits per heavy atom. The first kappa shape index (κ1) is 20.7. The minimum absolute atomic E-state index is 0.0956. The van der Waals surface area contributed by atoms with Gasteiger partial charge < -0.3 is 14.8 Å². The van der Waals surface area contributed by atoms with E-state index in [0.717, 1.165) is 11.3 Å². The van der Waals surface area contributed by atoms with Gasteiger partial charge in [-0.15, -0.1) is 0 Å². The van der Waals surface area contributed by atoms with Crippen LogP contribution < -0.4 is 14.8 Å². The molecule has 0 saturated carbocycles. The molecule has 0 aliphatic rings. The fourth-order valence-electron chi connectivity index (χ4n) is 2.69. The van der Waals surface area contributed by atoms with Crippen molar-refractivity contribution in [1.82, 2.24) is 10.2 Å². The molecule has 0 radical (unpaired) electrons. The van der Waals surface area contributed by atoms with Crippen LogP contribution in [0.4, 0.5) is 4.39 Å². The minimum Gasteiger partial charge on any atom is -0.496 e. The second kappa shape index (κ2) is 9.92. The summed E-state index contributed by atoms with van der Waals surface area (Å²) in [6.07, 6.45) is 0. The molecule has 1 amide bonds. The summed E-state index contributed by atoms with van der Waals surface area (Å²) >= 11 is 0. The van der Waals surface area contributed by atoms with E-state index in [1.165, 1.54) is 6.07 Å². The molecule has 5 nitrogen and oxygen atoms in total. The molecule has 2 aromatic rings. The molecular formula is C21H27FN2O3. The summed E-state index contributed by atoms with van der Waals surface area (Å²) in [5.41, 5.74) is 0.922. The van der Waals surface area contributed by atoms with Gasteiger partial charge in [0.1, 0.15) is 12.4 Å². The van der Waals surface area contributed by atoms with Gasteiger partial charge in [0.25, 0.3) is 0 Å². The van der Waals surface area contributed by atoms with Crippen molar-refractivity contribution >= 4 is 5.91 Å². The number of para-hydroxylation sites is 2. The van der Waals surface area contributed by atoms with E-state index in [4.69, 9.17) is 9.47 Å². The van der Waals surface area contributed by atoms with E-state index in [1.54, 1.807) is 25.3 Å². The lowest BCUT2D eigenvalue weighted by Crippen LogP contribution is -2.45. The fraction of sp³-hybridized carbons (Fsp3) is 0.381. The molecule has 2 aromatic carbocycles. The number of rotatable bonds is 9. The van der Waals surface area contributed by atoms with Crippen molar-refractivity contribution in [3.8, 4) is 11.5 Å². The zero-order valence-corrected chi connectivity index (χ0v) is 16.2. The van der Waals surface area contributed by atoms with Crippen molar-refractivity contribution in [3.63, 3.8) is 0 Å². The molecule has 2 unspecified atom stereocenters. The van der Waals surface area contributed by atoms with E-state index in [9.17, 15) is 9.18 Å². The van der Waals surface area contributed by atoms with Gasteiger partial charge in [-0.1, -0.05) is 30.3 Å². The molecule has 2 rings (SSSR count). The average Bonchev–Trinajstić information content (AvgIpc) is 2.68. The van der Waals surface area contributed by atoms with Crippen LogP contribution in [0.25, 0.3) is 0 Å². The molecule has 0 saturated heterocycles. The largest absolute Gasteiger partial charge is 0.496 e. The van der Waals surface area contributed by atoms with Crippen LogP contribution >= 0.6 is 0 Å². The third-order valence-corrected chi connectivity index (χ3v) is 4.54. The van der Waals surface area contributed by atoms with Gasteiger partial charge in [-0.3, -0.25) is 9.69 Å². The molecule has 0 fully saturated rings. The standard InChI is InChI=1S/C21H27FN2O3/c1-15(17-9-5-7-11-19(17)26-4)23-21(25)16(2)24(3)13-14-27-20-12-8-6-10-18(20)22/h5-12,15-16H,13-14H2,1-4H3,(H,23,25). The Bertz CT molecular complexity index is 754. The maximum atomic E-state index is 13.6. The molecular weight excluding hydrogens is 347 g/mol. The van der Waals surface area contributed by atoms with E-state index in [2.05, 4.69) is 5.32 Å². The predicted octanol–water partition coefficient (Wildman–Crippen LogP) is 3.41. The molecule has 0 bridgehead atoms. The number of hydrogen-bond acceptors (Lipinski definition) is 4. The lowest BCUT2D eigenvalue weighted by Gasteiger charge is -2.26. The fourth-order valence-corrected chi connectivity index (χ4v) is 2.69. The Balaban J connectivity index is 1.85. The number of hydrogen-bond donors (Lipinski definition) is 1. The Kier molecular flexibility index (Phi) is 7.61. The SMILES string of the molecule is COc1ccccc1C(C)NC(=O)C(C)N(C)CCOc1ccccc1F. The number of halogens is 1. The molecule has 2 atom stereocenters. The first-order valence-electron chi connectivity index (χ1n) is 8.95. The Hall–Kier alpha value is -2.60. The highest BCUT2D eigenvalue weighted by molar-refractivity contribution is 5.81. The van der Waals surface area contributed by atoms with E-state index in [1.807, 2.05) is 50.1 Å². The summed E-state index contributed by atoms with van der Waals surface area (Å²) in [4.78, 5) is 14.4. The summed E-state index contributed by atoms with van der Waals surface area (Å²) in [6, 6.07) is 13.3. The quantitative estimate of drug-likeness (QED) is 0.731. The number of carbonyl (C=O) groups is 1. The molecule has 0 aliphatic carbocycles. The summed E-state index contributed by atoms with van der Waals surface area (Å²) in [5, 5.41) is 3.01. The predicted molar refractivity (Wildman–Crippen MR) is 104 cm³/mol. The van der Waals surface area contributed by atoms with Crippen molar-refractivity contribution < 1.29 is 18.7 Å². The highest BCUT2D eigenvalue weighted by Crippen LogP contribution is 2.24. The van der Waals surface area contributed by atoms with Crippen LogP contribution in [0.15, 0.2) is 48.5 Å². The number of methoxy groups -OCH3 is 1. The third-order valence-electron chi connectivity index (χ3n) is 4.54. The second-order valence-corrected chi connectivity index (χ2v) is 6.41. The van der Waals surface area contributed by atoms with Crippen LogP contribution in [0.1, 0.15) is 25.5 Å². The molecule has 0 aliphatic heterocycles. The number of carbonyl (C=O) groups excluding carboxylic acids is 1. The molecule has 1 N–H and O–H groups in total. The van der Waals surface area contributed by atoms with Crippen molar-refractivity contribution in [1.29, 1.82) is 0 Å². The van der Waals surface area contributed by atoms with Crippen molar-refractivity contribution in [2.24, 2.45) is 0 Å². The highest BCUT2D eigenvalue weighted by atomic mass is 19.1. The summed E-state index contributed by atoms with van der Waals surface area (Å²) in [6.45, 7) is 4.53. The van der Waals surface area contributed by atoms with Crippen LogP contribution in [-0.4, -0.2) is 44.2 Å². The lowest BCUT2D eigenvalue weighted by atomic mass is 10.1. The normalized spacial score (nSPS) is 13.1. The highest BCUT2D eigenvalue weighted by Gasteiger charge is 2.21. The first-order valence-corrected chi connectivity index (χ1v) is 8.95. The second-order valence-electron chi connectivity index (χ2n) is 6.41. The van der Waals surface area contributed by atoms with Gasteiger partial charge in [-0.25, -0.2) is 4.39 Å². The maximum absolute atomic E-state index is 13.6. The molecule has 0 heterocycles. The summed E-state index contributed by atoms with van der Waals surface area (Å²) in [7, 11) is 3.45. The molecule has 6 heteroatoms. The number of nitrogens with one attached hydrogen (secondary N) is 1. The van der Waals surface area contributed by atoms with Gasteiger partial charge in [0.05, 0.1) is 19.2 Å². The minimum atomic E-state index is -0.392. The van der Waals surface area contributed by atoms with Gasteiger partial charge in [0, 0.05) is 12.1 Å². The van der Waals surface area contributed by atoms with Crippen LogP contribution in [0.3, 0.4) is 0 Å². The number of benzene rings is 2. The molecule has 0 aromatic heterocycles. The smallest absolute Gasteiger partial charge is 0.237 e. The molecule has 27 heavy (non-hydrogen) atoms. The van der Waals surface area contributed by atoms with Gasteiger partial charge in [0.15, 0.2) is 11.6 Å². The number of likely N-dealkylation sites (N-methyl/N-ethyl adjacent to an activating group) is 1. The van der Waals surface area contributed by atoms with Crippen molar-refractivity contribution in [2.45, 2.75) is 25.9 Å². The van der Waals surface area contributed by atoms with E-state index >= 15 is 0 Å². The maximum Gasteiger partial charge on any atom is 0.237 e. The molecule has 146 valence electrons. The van der Waals surface area contributed by atoms with Crippen LogP contribution in [0, 0.1) is 5.82 Å². The van der Waals surface area contributed by atoms with Gasteiger partial charge in [-0.05, 0) is 39.1 Å². The zero-order chi connectivity index (χ0) is 19.8. The zero-order valence-electron chi connectivity index (χ0n) is 16.2. The average molecular weight is 374 g/mol. The van der Waals surface area contributed by atoms with Gasteiger partial charge >= 0.3 is 0 Å². The first-order chi connectivity index (χ1) is 12.9. The van der Waals surface area contributed by atoms with Crippen molar-refractivity contribution in [2.75, 3.05) is 27.3 Å². The van der Waals surface area contributed by atoms with E-state index in [0.29, 0.717) is 6.54 Å². The van der Waals surface area contributed by atoms with Crippen LogP contribution in [0.2, 0.25) is 0 Å². The summed E-state index contributed by atoms with van der Waals surface area (Å²) in [5.74, 6) is 0.468. The number of amides is 1. The van der Waals surface area contributed by atoms with E-state index in [-0.39, 0.29) is 30.3 Å². The third kappa shape index (κ3) is 5.69. The van der Waals surface area contributed by atoms with Gasteiger partial charge in [-0.2, -0.15) is 0 Å². The van der Waals surface area contributed by atoms with Crippen LogP contribution in [0.5, 0.6) is 11.5 Å². The van der Waals surface area contributed by atoms with Crippen LogP contribution in [-0.2, 0) is 4.79 Å². The topological polar surface area (TPSA) is 50.8 Å². The summed E-state index contributed by atoms with van der Waals surface area (Å²) < 4.78 is 24.4.